The number of aryl methyl sites for hydroxylation is 1. The Morgan fingerprint density at radius 3 is 3.00 bits per heavy atom. The second kappa shape index (κ2) is 3.00. The van der Waals surface area contributed by atoms with Crippen LogP contribution in [0.1, 0.15) is 12.6 Å². The maximum absolute atomic E-state index is 10.3. The van der Waals surface area contributed by atoms with Gasteiger partial charge in [-0.3, -0.25) is 10.1 Å². The summed E-state index contributed by atoms with van der Waals surface area (Å²) in [6.07, 6.45) is 1.09. The van der Waals surface area contributed by atoms with Gasteiger partial charge in [0.25, 0.3) is 0 Å². The fraction of sp³-hybridized carbons (Fsp3) is 0.333. The van der Waals surface area contributed by atoms with E-state index in [9.17, 15) is 10.1 Å². The molecule has 0 saturated heterocycles. The number of hydrogen-bond donors (Lipinski definition) is 0. The number of aromatic nitrogens is 2. The molecule has 0 fully saturated rings. The van der Waals surface area contributed by atoms with E-state index in [1.54, 1.807) is 13.0 Å². The molecule has 1 heterocycles. The van der Waals surface area contributed by atoms with E-state index in [2.05, 4.69) is 5.10 Å². The molecule has 6 nitrogen and oxygen atoms in total. The highest BCUT2D eigenvalue weighted by Crippen LogP contribution is 2.15. The van der Waals surface area contributed by atoms with Crippen molar-refractivity contribution in [2.24, 2.45) is 0 Å². The molecule has 0 saturated carbocycles. The Labute approximate surface area is 68.2 Å². The largest absolute Gasteiger partial charge is 0.325 e. The van der Waals surface area contributed by atoms with Gasteiger partial charge in [0.2, 0.25) is 5.69 Å². The lowest BCUT2D eigenvalue weighted by Gasteiger charge is -1.93. The van der Waals surface area contributed by atoms with Gasteiger partial charge in [0, 0.05) is 6.54 Å². The van der Waals surface area contributed by atoms with Crippen molar-refractivity contribution in [2.45, 2.75) is 13.5 Å². The van der Waals surface area contributed by atoms with E-state index in [0.29, 0.717) is 6.54 Å². The summed E-state index contributed by atoms with van der Waals surface area (Å²) < 4.78 is 1.29. The predicted molar refractivity (Wildman–Crippen MR) is 39.3 cm³/mol. The van der Waals surface area contributed by atoms with Crippen LogP contribution in [0.25, 0.3) is 0 Å². The summed E-state index contributed by atoms with van der Waals surface area (Å²) in [5.74, 6) is 0. The van der Waals surface area contributed by atoms with E-state index in [-0.39, 0.29) is 11.4 Å². The molecule has 0 N–H and O–H groups in total. The molecule has 0 radical (unpaired) electrons. The van der Waals surface area contributed by atoms with Crippen LogP contribution in [0.15, 0.2) is 6.20 Å². The molecule has 1 rings (SSSR count). The summed E-state index contributed by atoms with van der Waals surface area (Å²) in [5, 5.41) is 22.5. The maximum Gasteiger partial charge on any atom is 0.325 e. The van der Waals surface area contributed by atoms with Crippen LogP contribution in [0.2, 0.25) is 0 Å². The lowest BCUT2D eigenvalue weighted by atomic mass is 10.4. The molecule has 0 aliphatic rings. The van der Waals surface area contributed by atoms with Crippen LogP contribution in [-0.4, -0.2) is 14.7 Å². The zero-order valence-electron chi connectivity index (χ0n) is 6.39. The van der Waals surface area contributed by atoms with Crippen molar-refractivity contribution in [3.8, 4) is 6.07 Å². The van der Waals surface area contributed by atoms with Crippen LogP contribution in [0.3, 0.4) is 0 Å². The van der Waals surface area contributed by atoms with Crippen LogP contribution in [0.4, 0.5) is 5.69 Å². The molecule has 1 aromatic heterocycles. The summed E-state index contributed by atoms with van der Waals surface area (Å²) in [5.41, 5.74) is -0.234. The van der Waals surface area contributed by atoms with Gasteiger partial charge in [-0.15, -0.1) is 0 Å². The average Bonchev–Trinajstić information content (AvgIpc) is 2.46. The third-order valence-corrected chi connectivity index (χ3v) is 1.42. The normalized spacial score (nSPS) is 9.33. The Morgan fingerprint density at radius 2 is 2.58 bits per heavy atom. The monoisotopic (exact) mass is 166 g/mol. The van der Waals surface area contributed by atoms with E-state index in [4.69, 9.17) is 5.26 Å². The topological polar surface area (TPSA) is 84.8 Å². The van der Waals surface area contributed by atoms with Gasteiger partial charge in [0.15, 0.2) is 0 Å². The Bertz CT molecular complexity index is 349. The summed E-state index contributed by atoms with van der Waals surface area (Å²) in [4.78, 5) is 9.70. The number of nitrogens with zero attached hydrogens (tertiary/aromatic N) is 4. The van der Waals surface area contributed by atoms with Crippen LogP contribution in [0, 0.1) is 21.4 Å². The summed E-state index contributed by atoms with van der Waals surface area (Å²) >= 11 is 0. The smallest absolute Gasteiger partial charge is 0.258 e. The standard InChI is InChI=1S/C6H6N4O2/c1-2-9-5(3-7)6(4-8-9)10(11)12/h4H,2H2,1H3. The SMILES string of the molecule is CCn1ncc([N+](=O)[O-])c1C#N. The van der Waals surface area contributed by atoms with Crippen molar-refractivity contribution >= 4 is 5.69 Å². The zero-order valence-corrected chi connectivity index (χ0v) is 6.39. The first-order chi connectivity index (χ1) is 5.70. The van der Waals surface area contributed by atoms with E-state index >= 15 is 0 Å². The van der Waals surface area contributed by atoms with Crippen molar-refractivity contribution in [1.82, 2.24) is 9.78 Å². The van der Waals surface area contributed by atoms with E-state index < -0.39 is 4.92 Å². The second-order valence-electron chi connectivity index (χ2n) is 2.06. The summed E-state index contributed by atoms with van der Waals surface area (Å²) in [6.45, 7) is 2.22. The van der Waals surface area contributed by atoms with Gasteiger partial charge in [0.1, 0.15) is 12.3 Å². The second-order valence-corrected chi connectivity index (χ2v) is 2.06. The van der Waals surface area contributed by atoms with Gasteiger partial charge < -0.3 is 0 Å². The number of rotatable bonds is 2. The molecule has 0 aliphatic heterocycles. The minimum Gasteiger partial charge on any atom is -0.258 e. The number of nitro groups is 1. The molecule has 0 bridgehead atoms. The molecule has 0 aliphatic carbocycles. The third kappa shape index (κ3) is 1.12. The van der Waals surface area contributed by atoms with Gasteiger partial charge >= 0.3 is 5.69 Å². The molecular formula is C6H6N4O2. The van der Waals surface area contributed by atoms with Crippen molar-refractivity contribution < 1.29 is 4.92 Å². The molecule has 62 valence electrons. The van der Waals surface area contributed by atoms with Gasteiger partial charge in [-0.05, 0) is 6.92 Å². The Hall–Kier alpha value is -1.90. The van der Waals surface area contributed by atoms with Crippen LogP contribution in [0.5, 0.6) is 0 Å². The minimum atomic E-state index is -0.613. The molecule has 12 heavy (non-hydrogen) atoms. The molecular weight excluding hydrogens is 160 g/mol. The zero-order chi connectivity index (χ0) is 9.14. The fourth-order valence-electron chi connectivity index (χ4n) is 0.864. The molecule has 0 aromatic carbocycles. The number of hydrogen-bond acceptors (Lipinski definition) is 4. The van der Waals surface area contributed by atoms with Crippen molar-refractivity contribution in [1.29, 1.82) is 5.26 Å². The number of nitriles is 1. The van der Waals surface area contributed by atoms with Crippen molar-refractivity contribution in [2.75, 3.05) is 0 Å². The van der Waals surface area contributed by atoms with Gasteiger partial charge in [-0.25, -0.2) is 4.68 Å². The lowest BCUT2D eigenvalue weighted by molar-refractivity contribution is -0.385. The van der Waals surface area contributed by atoms with E-state index in [0.717, 1.165) is 6.20 Å². The third-order valence-electron chi connectivity index (χ3n) is 1.42. The first-order valence-electron chi connectivity index (χ1n) is 3.31. The quantitative estimate of drug-likeness (QED) is 0.477. The van der Waals surface area contributed by atoms with E-state index in [1.807, 2.05) is 0 Å². The fourth-order valence-corrected chi connectivity index (χ4v) is 0.864. The predicted octanol–water partition coefficient (Wildman–Crippen LogP) is 0.683. The minimum absolute atomic E-state index is 0.00231. The molecule has 0 spiro atoms. The van der Waals surface area contributed by atoms with Crippen LogP contribution < -0.4 is 0 Å². The summed E-state index contributed by atoms with van der Waals surface area (Å²) in [6, 6.07) is 1.74. The Morgan fingerprint density at radius 1 is 1.92 bits per heavy atom. The molecule has 0 amide bonds. The molecule has 0 atom stereocenters. The molecule has 1 aromatic rings. The van der Waals surface area contributed by atoms with Crippen LogP contribution in [-0.2, 0) is 6.54 Å². The van der Waals surface area contributed by atoms with Crippen molar-refractivity contribution in [3.63, 3.8) is 0 Å². The Kier molecular flexibility index (Phi) is 2.05. The van der Waals surface area contributed by atoms with Crippen LogP contribution >= 0.6 is 0 Å². The first kappa shape index (κ1) is 8.20. The highest BCUT2D eigenvalue weighted by atomic mass is 16.6. The molecule has 6 heteroatoms. The first-order valence-corrected chi connectivity index (χ1v) is 3.31. The lowest BCUT2D eigenvalue weighted by Crippen LogP contribution is -2.00. The average molecular weight is 166 g/mol. The molecule has 0 unspecified atom stereocenters. The van der Waals surface area contributed by atoms with Crippen molar-refractivity contribution in [3.05, 3.63) is 22.0 Å². The summed E-state index contributed by atoms with van der Waals surface area (Å²) in [7, 11) is 0. The highest BCUT2D eigenvalue weighted by Gasteiger charge is 2.18. The van der Waals surface area contributed by atoms with E-state index in [1.165, 1.54) is 4.68 Å². The maximum atomic E-state index is 10.3. The highest BCUT2D eigenvalue weighted by molar-refractivity contribution is 5.41. The Balaban J connectivity index is 3.25. The van der Waals surface area contributed by atoms with Gasteiger partial charge in [-0.2, -0.15) is 10.4 Å². The van der Waals surface area contributed by atoms with Gasteiger partial charge in [-0.1, -0.05) is 0 Å². The van der Waals surface area contributed by atoms with Gasteiger partial charge in [0.05, 0.1) is 4.92 Å².